The van der Waals surface area contributed by atoms with Crippen LogP contribution in [0.25, 0.3) is 0 Å². The van der Waals surface area contributed by atoms with Gasteiger partial charge in [-0.05, 0) is 42.5 Å². The van der Waals surface area contributed by atoms with Gasteiger partial charge in [-0.3, -0.25) is 0 Å². The molecule has 0 aliphatic heterocycles. The third kappa shape index (κ3) is 2.91. The van der Waals surface area contributed by atoms with Gasteiger partial charge in [-0.1, -0.05) is 17.7 Å². The summed E-state index contributed by atoms with van der Waals surface area (Å²) in [6.45, 7) is 0. The van der Waals surface area contributed by atoms with E-state index in [2.05, 4.69) is 12.6 Å². The third-order valence-electron chi connectivity index (χ3n) is 1.87. The molecule has 0 radical (unpaired) electrons. The van der Waals surface area contributed by atoms with Crippen LogP contribution < -0.4 is 4.74 Å². The summed E-state index contributed by atoms with van der Waals surface area (Å²) in [4.78, 5) is 0.876. The molecule has 0 spiro atoms. The highest BCUT2D eigenvalue weighted by molar-refractivity contribution is 7.80. The first-order chi connectivity index (χ1) is 7.24. The molecule has 1 nitrogen and oxygen atoms in total. The summed E-state index contributed by atoms with van der Waals surface area (Å²) in [6.07, 6.45) is 0. The second-order valence-electron chi connectivity index (χ2n) is 3.05. The van der Waals surface area contributed by atoms with E-state index in [4.69, 9.17) is 16.3 Å². The van der Waals surface area contributed by atoms with E-state index in [1.807, 2.05) is 36.4 Å². The molecule has 0 bridgehead atoms. The average molecular weight is 237 g/mol. The number of benzene rings is 2. The van der Waals surface area contributed by atoms with Crippen LogP contribution >= 0.6 is 24.2 Å². The van der Waals surface area contributed by atoms with Crippen molar-refractivity contribution in [2.24, 2.45) is 0 Å². The van der Waals surface area contributed by atoms with Gasteiger partial charge < -0.3 is 4.74 Å². The molecular formula is C12H9ClOS. The molecule has 0 unspecified atom stereocenters. The van der Waals surface area contributed by atoms with Crippen molar-refractivity contribution in [3.8, 4) is 11.5 Å². The van der Waals surface area contributed by atoms with Crippen molar-refractivity contribution in [1.82, 2.24) is 0 Å². The van der Waals surface area contributed by atoms with Crippen LogP contribution in [0.3, 0.4) is 0 Å². The molecular weight excluding hydrogens is 228 g/mol. The molecule has 2 rings (SSSR count). The molecule has 3 heteroatoms. The molecule has 0 fully saturated rings. The summed E-state index contributed by atoms with van der Waals surface area (Å²) in [5, 5.41) is 0.699. The fourth-order valence-corrected chi connectivity index (χ4v) is 1.53. The smallest absolute Gasteiger partial charge is 0.128 e. The minimum atomic E-state index is 0.699. The first kappa shape index (κ1) is 10.4. The molecule has 0 aliphatic rings. The largest absolute Gasteiger partial charge is 0.457 e. The van der Waals surface area contributed by atoms with Gasteiger partial charge >= 0.3 is 0 Å². The van der Waals surface area contributed by atoms with E-state index in [1.54, 1.807) is 12.1 Å². The summed E-state index contributed by atoms with van der Waals surface area (Å²) in [5.41, 5.74) is 0. The highest BCUT2D eigenvalue weighted by Crippen LogP contribution is 2.24. The van der Waals surface area contributed by atoms with E-state index in [1.165, 1.54) is 0 Å². The van der Waals surface area contributed by atoms with Crippen LogP contribution in [0.4, 0.5) is 0 Å². The Labute approximate surface area is 99.1 Å². The van der Waals surface area contributed by atoms with Crippen LogP contribution in [0.15, 0.2) is 53.4 Å². The lowest BCUT2D eigenvalue weighted by atomic mass is 10.3. The molecule has 0 saturated carbocycles. The van der Waals surface area contributed by atoms with Gasteiger partial charge in [0.15, 0.2) is 0 Å². The predicted molar refractivity (Wildman–Crippen MR) is 65.2 cm³/mol. The summed E-state index contributed by atoms with van der Waals surface area (Å²) >= 11 is 10.0. The molecule has 76 valence electrons. The topological polar surface area (TPSA) is 9.23 Å². The van der Waals surface area contributed by atoms with E-state index < -0.39 is 0 Å². The average Bonchev–Trinajstić information content (AvgIpc) is 2.22. The minimum absolute atomic E-state index is 0.699. The number of thiol groups is 1. The predicted octanol–water partition coefficient (Wildman–Crippen LogP) is 4.42. The van der Waals surface area contributed by atoms with Crippen molar-refractivity contribution in [3.63, 3.8) is 0 Å². The van der Waals surface area contributed by atoms with Crippen molar-refractivity contribution in [2.45, 2.75) is 4.90 Å². The van der Waals surface area contributed by atoms with Crippen LogP contribution in [0.1, 0.15) is 0 Å². The zero-order chi connectivity index (χ0) is 10.7. The highest BCUT2D eigenvalue weighted by Gasteiger charge is 1.97. The summed E-state index contributed by atoms with van der Waals surface area (Å²) in [6, 6.07) is 14.8. The minimum Gasteiger partial charge on any atom is -0.457 e. The van der Waals surface area contributed by atoms with E-state index in [-0.39, 0.29) is 0 Å². The summed E-state index contributed by atoms with van der Waals surface area (Å²) < 4.78 is 5.61. The lowest BCUT2D eigenvalue weighted by Crippen LogP contribution is -1.83. The van der Waals surface area contributed by atoms with Crippen molar-refractivity contribution >= 4 is 24.2 Å². The van der Waals surface area contributed by atoms with Gasteiger partial charge in [-0.25, -0.2) is 0 Å². The number of hydrogen-bond donors (Lipinski definition) is 1. The van der Waals surface area contributed by atoms with Crippen LogP contribution in [0, 0.1) is 0 Å². The first-order valence-electron chi connectivity index (χ1n) is 4.46. The van der Waals surface area contributed by atoms with Gasteiger partial charge in [0.25, 0.3) is 0 Å². The summed E-state index contributed by atoms with van der Waals surface area (Å²) in [5.74, 6) is 1.53. The first-order valence-corrected chi connectivity index (χ1v) is 5.29. The van der Waals surface area contributed by atoms with Crippen molar-refractivity contribution in [3.05, 3.63) is 53.6 Å². The van der Waals surface area contributed by atoms with Crippen molar-refractivity contribution < 1.29 is 4.74 Å². The molecule has 0 atom stereocenters. The number of ether oxygens (including phenoxy) is 1. The second-order valence-corrected chi connectivity index (χ2v) is 4.01. The molecule has 0 saturated heterocycles. The van der Waals surface area contributed by atoms with Gasteiger partial charge in [-0.15, -0.1) is 12.6 Å². The number of rotatable bonds is 2. The highest BCUT2D eigenvalue weighted by atomic mass is 35.5. The molecule has 2 aromatic rings. The monoisotopic (exact) mass is 236 g/mol. The Morgan fingerprint density at radius 3 is 2.33 bits per heavy atom. The molecule has 0 aromatic heterocycles. The fourth-order valence-electron chi connectivity index (χ4n) is 1.19. The van der Waals surface area contributed by atoms with Crippen molar-refractivity contribution in [1.29, 1.82) is 0 Å². The van der Waals surface area contributed by atoms with Gasteiger partial charge in [0.2, 0.25) is 0 Å². The molecule has 0 amide bonds. The third-order valence-corrected chi connectivity index (χ3v) is 2.40. The zero-order valence-corrected chi connectivity index (χ0v) is 9.50. The lowest BCUT2D eigenvalue weighted by molar-refractivity contribution is 0.481. The van der Waals surface area contributed by atoms with E-state index >= 15 is 0 Å². The Hall–Kier alpha value is -1.12. The second kappa shape index (κ2) is 4.60. The maximum atomic E-state index is 5.77. The Morgan fingerprint density at radius 1 is 0.933 bits per heavy atom. The lowest BCUT2D eigenvalue weighted by Gasteiger charge is -2.05. The number of halogens is 1. The van der Waals surface area contributed by atoms with Crippen LogP contribution in [0.5, 0.6) is 11.5 Å². The molecule has 15 heavy (non-hydrogen) atoms. The quantitative estimate of drug-likeness (QED) is 0.760. The molecule has 2 aromatic carbocycles. The Morgan fingerprint density at radius 2 is 1.67 bits per heavy atom. The van der Waals surface area contributed by atoms with Crippen LogP contribution in [0.2, 0.25) is 5.02 Å². The van der Waals surface area contributed by atoms with E-state index in [0.717, 1.165) is 16.4 Å². The maximum absolute atomic E-state index is 5.77. The van der Waals surface area contributed by atoms with Gasteiger partial charge in [0, 0.05) is 9.92 Å². The Bertz CT molecular complexity index is 453. The van der Waals surface area contributed by atoms with Gasteiger partial charge in [0.1, 0.15) is 11.5 Å². The SMILES string of the molecule is Sc1cccc(Oc2ccc(Cl)cc2)c1. The fraction of sp³-hybridized carbons (Fsp3) is 0. The van der Waals surface area contributed by atoms with Gasteiger partial charge in [-0.2, -0.15) is 0 Å². The van der Waals surface area contributed by atoms with Crippen LogP contribution in [-0.2, 0) is 0 Å². The Kier molecular flexibility index (Phi) is 3.19. The number of hydrogen-bond acceptors (Lipinski definition) is 2. The standard InChI is InChI=1S/C12H9ClOS/c13-9-4-6-10(7-5-9)14-11-2-1-3-12(15)8-11/h1-8,15H. The van der Waals surface area contributed by atoms with Crippen LogP contribution in [-0.4, -0.2) is 0 Å². The van der Waals surface area contributed by atoms with Crippen molar-refractivity contribution in [2.75, 3.05) is 0 Å². The molecule has 0 aliphatic carbocycles. The van der Waals surface area contributed by atoms with Gasteiger partial charge in [0.05, 0.1) is 0 Å². The zero-order valence-electron chi connectivity index (χ0n) is 7.85. The van der Waals surface area contributed by atoms with E-state index in [9.17, 15) is 0 Å². The maximum Gasteiger partial charge on any atom is 0.128 e. The summed E-state index contributed by atoms with van der Waals surface area (Å²) in [7, 11) is 0. The Balaban J connectivity index is 2.18. The molecule has 0 N–H and O–H groups in total. The normalized spacial score (nSPS) is 10.0. The molecule has 0 heterocycles. The van der Waals surface area contributed by atoms with E-state index in [0.29, 0.717) is 5.02 Å².